The van der Waals surface area contributed by atoms with Gasteiger partial charge in [0.1, 0.15) is 12.4 Å². The molecule has 0 spiro atoms. The minimum atomic E-state index is 0.186. The topological polar surface area (TPSA) is 35.2 Å². The van der Waals surface area contributed by atoms with Crippen molar-refractivity contribution in [2.24, 2.45) is 5.73 Å². The van der Waals surface area contributed by atoms with Crippen LogP contribution in [0.5, 0.6) is 5.75 Å². The lowest BCUT2D eigenvalue weighted by atomic mass is 9.88. The van der Waals surface area contributed by atoms with Gasteiger partial charge in [0.2, 0.25) is 0 Å². The number of hydrogen-bond acceptors (Lipinski definition) is 2. The molecule has 1 aliphatic carbocycles. The molecule has 17 heavy (non-hydrogen) atoms. The van der Waals surface area contributed by atoms with Gasteiger partial charge in [0.25, 0.3) is 0 Å². The van der Waals surface area contributed by atoms with Gasteiger partial charge in [-0.25, -0.2) is 0 Å². The maximum Gasteiger partial charge on any atom is 0.120 e. The highest BCUT2D eigenvalue weighted by Crippen LogP contribution is 2.30. The standard InChI is InChI=1S/C15H21NO/c1-11(2)8-9-17-13-7-6-12-4-3-5-15(16)14(12)10-13/h6-8,10,15H,3-5,9,16H2,1-2H3/t15-/m0/s1. The van der Waals surface area contributed by atoms with Crippen molar-refractivity contribution >= 4 is 0 Å². The molecule has 0 saturated carbocycles. The maximum absolute atomic E-state index is 6.12. The quantitative estimate of drug-likeness (QED) is 0.809. The summed E-state index contributed by atoms with van der Waals surface area (Å²) in [5.74, 6) is 0.929. The van der Waals surface area contributed by atoms with Crippen molar-refractivity contribution in [3.05, 3.63) is 41.0 Å². The molecule has 2 N–H and O–H groups in total. The molecule has 0 aliphatic heterocycles. The van der Waals surface area contributed by atoms with Crippen LogP contribution in [-0.4, -0.2) is 6.61 Å². The molecule has 0 heterocycles. The molecule has 0 aromatic heterocycles. The second-order valence-corrected chi connectivity index (χ2v) is 4.95. The zero-order chi connectivity index (χ0) is 12.3. The van der Waals surface area contributed by atoms with Gasteiger partial charge < -0.3 is 10.5 Å². The van der Waals surface area contributed by atoms with Crippen molar-refractivity contribution in [2.75, 3.05) is 6.61 Å². The Hall–Kier alpha value is -1.28. The first-order valence-electron chi connectivity index (χ1n) is 6.31. The molecule has 1 aromatic carbocycles. The Bertz CT molecular complexity index is 419. The van der Waals surface area contributed by atoms with Crippen molar-refractivity contribution in [3.63, 3.8) is 0 Å². The molecule has 2 rings (SSSR count). The Balaban J connectivity index is 2.10. The van der Waals surface area contributed by atoms with Crippen LogP contribution < -0.4 is 10.5 Å². The number of hydrogen-bond donors (Lipinski definition) is 1. The Morgan fingerprint density at radius 1 is 1.47 bits per heavy atom. The summed E-state index contributed by atoms with van der Waals surface area (Å²) in [6.07, 6.45) is 5.52. The lowest BCUT2D eigenvalue weighted by molar-refractivity contribution is 0.360. The normalized spacial score (nSPS) is 18.4. The van der Waals surface area contributed by atoms with Gasteiger partial charge in [-0.1, -0.05) is 11.6 Å². The lowest BCUT2D eigenvalue weighted by Gasteiger charge is -2.22. The van der Waals surface area contributed by atoms with Crippen LogP contribution in [-0.2, 0) is 6.42 Å². The third-order valence-corrected chi connectivity index (χ3v) is 3.22. The van der Waals surface area contributed by atoms with Crippen LogP contribution in [0.4, 0.5) is 0 Å². The Morgan fingerprint density at radius 2 is 2.29 bits per heavy atom. The number of nitrogens with two attached hydrogens (primary N) is 1. The van der Waals surface area contributed by atoms with E-state index in [0.717, 1.165) is 18.6 Å². The molecule has 0 amide bonds. The summed E-state index contributed by atoms with van der Waals surface area (Å²) in [5.41, 5.74) is 10.1. The van der Waals surface area contributed by atoms with Crippen LogP contribution in [0.1, 0.15) is 43.9 Å². The van der Waals surface area contributed by atoms with E-state index >= 15 is 0 Å². The van der Waals surface area contributed by atoms with E-state index in [2.05, 4.69) is 38.1 Å². The van der Waals surface area contributed by atoms with Crippen LogP contribution in [0.15, 0.2) is 29.8 Å². The first-order valence-corrected chi connectivity index (χ1v) is 6.31. The number of fused-ring (bicyclic) bond motifs is 1. The summed E-state index contributed by atoms with van der Waals surface area (Å²) in [5, 5.41) is 0. The van der Waals surface area contributed by atoms with Crippen LogP contribution in [0.3, 0.4) is 0 Å². The van der Waals surface area contributed by atoms with E-state index in [4.69, 9.17) is 10.5 Å². The minimum absolute atomic E-state index is 0.186. The molecule has 1 atom stereocenters. The second kappa shape index (κ2) is 5.37. The summed E-state index contributed by atoms with van der Waals surface area (Å²) in [7, 11) is 0. The molecule has 2 nitrogen and oxygen atoms in total. The van der Waals surface area contributed by atoms with Gasteiger partial charge in [-0.2, -0.15) is 0 Å². The van der Waals surface area contributed by atoms with Crippen molar-refractivity contribution in [1.82, 2.24) is 0 Å². The predicted molar refractivity (Wildman–Crippen MR) is 71.2 cm³/mol. The fourth-order valence-corrected chi connectivity index (χ4v) is 2.21. The molecule has 0 saturated heterocycles. The highest BCUT2D eigenvalue weighted by atomic mass is 16.5. The van der Waals surface area contributed by atoms with Crippen molar-refractivity contribution in [1.29, 1.82) is 0 Å². The summed E-state index contributed by atoms with van der Waals surface area (Å²) in [6, 6.07) is 6.51. The number of aryl methyl sites for hydroxylation is 1. The molecule has 92 valence electrons. The average Bonchev–Trinajstić information content (AvgIpc) is 2.30. The van der Waals surface area contributed by atoms with Crippen LogP contribution in [0.25, 0.3) is 0 Å². The predicted octanol–water partition coefficient (Wildman–Crippen LogP) is 3.37. The van der Waals surface area contributed by atoms with E-state index in [9.17, 15) is 0 Å². The number of rotatable bonds is 3. The van der Waals surface area contributed by atoms with Gasteiger partial charge >= 0.3 is 0 Å². The zero-order valence-electron chi connectivity index (χ0n) is 10.7. The highest BCUT2D eigenvalue weighted by Gasteiger charge is 2.16. The largest absolute Gasteiger partial charge is 0.490 e. The molecular formula is C15H21NO. The third kappa shape index (κ3) is 3.10. The number of allylic oxidation sites excluding steroid dienone is 1. The lowest BCUT2D eigenvalue weighted by Crippen LogP contribution is -2.17. The van der Waals surface area contributed by atoms with Gasteiger partial charge in [0.05, 0.1) is 0 Å². The minimum Gasteiger partial charge on any atom is -0.490 e. The van der Waals surface area contributed by atoms with E-state index in [1.165, 1.54) is 23.1 Å². The second-order valence-electron chi connectivity index (χ2n) is 4.95. The number of ether oxygens (including phenoxy) is 1. The van der Waals surface area contributed by atoms with Crippen LogP contribution in [0, 0.1) is 0 Å². The smallest absolute Gasteiger partial charge is 0.120 e. The van der Waals surface area contributed by atoms with Crippen molar-refractivity contribution in [3.8, 4) is 5.75 Å². The first-order chi connectivity index (χ1) is 8.16. The van der Waals surface area contributed by atoms with E-state index < -0.39 is 0 Å². The molecule has 0 unspecified atom stereocenters. The van der Waals surface area contributed by atoms with E-state index in [1.54, 1.807) is 0 Å². The fourth-order valence-electron chi connectivity index (χ4n) is 2.21. The summed E-state index contributed by atoms with van der Waals surface area (Å²) in [4.78, 5) is 0. The van der Waals surface area contributed by atoms with Crippen LogP contribution in [0.2, 0.25) is 0 Å². The Morgan fingerprint density at radius 3 is 3.06 bits per heavy atom. The van der Waals surface area contributed by atoms with Gasteiger partial charge in [-0.3, -0.25) is 0 Å². The summed E-state index contributed by atoms with van der Waals surface area (Å²) < 4.78 is 5.70. The van der Waals surface area contributed by atoms with Gasteiger partial charge in [-0.05, 0) is 62.4 Å². The van der Waals surface area contributed by atoms with Gasteiger partial charge in [0.15, 0.2) is 0 Å². The van der Waals surface area contributed by atoms with E-state index in [0.29, 0.717) is 6.61 Å². The van der Waals surface area contributed by atoms with E-state index in [1.807, 2.05) is 0 Å². The fraction of sp³-hybridized carbons (Fsp3) is 0.467. The average molecular weight is 231 g/mol. The molecule has 0 fully saturated rings. The van der Waals surface area contributed by atoms with Crippen LogP contribution >= 0.6 is 0 Å². The SMILES string of the molecule is CC(C)=CCOc1ccc2c(c1)[C@@H](N)CCC2. The van der Waals surface area contributed by atoms with E-state index in [-0.39, 0.29) is 6.04 Å². The molecule has 1 aromatic rings. The number of benzene rings is 1. The first kappa shape index (κ1) is 12.2. The molecule has 0 bridgehead atoms. The Labute approximate surface area is 103 Å². The third-order valence-electron chi connectivity index (χ3n) is 3.22. The summed E-state index contributed by atoms with van der Waals surface area (Å²) in [6.45, 7) is 4.79. The van der Waals surface area contributed by atoms with Gasteiger partial charge in [0, 0.05) is 6.04 Å². The highest BCUT2D eigenvalue weighted by molar-refractivity contribution is 5.39. The zero-order valence-corrected chi connectivity index (χ0v) is 10.7. The maximum atomic E-state index is 6.12. The van der Waals surface area contributed by atoms with Gasteiger partial charge in [-0.15, -0.1) is 0 Å². The molecule has 1 aliphatic rings. The summed E-state index contributed by atoms with van der Waals surface area (Å²) >= 11 is 0. The monoisotopic (exact) mass is 231 g/mol. The van der Waals surface area contributed by atoms with Crippen molar-refractivity contribution in [2.45, 2.75) is 39.2 Å². The molecule has 0 radical (unpaired) electrons. The molecular weight excluding hydrogens is 210 g/mol. The molecule has 2 heteroatoms. The Kier molecular flexibility index (Phi) is 3.85. The van der Waals surface area contributed by atoms with Crippen molar-refractivity contribution < 1.29 is 4.74 Å².